The van der Waals surface area contributed by atoms with E-state index in [-0.39, 0.29) is 5.91 Å². The summed E-state index contributed by atoms with van der Waals surface area (Å²) in [5.74, 6) is 0.436. The van der Waals surface area contributed by atoms with Crippen LogP contribution in [0.3, 0.4) is 0 Å². The number of rotatable bonds is 3. The van der Waals surface area contributed by atoms with Gasteiger partial charge < -0.3 is 14.6 Å². The molecule has 0 atom stereocenters. The van der Waals surface area contributed by atoms with Crippen LogP contribution in [0.15, 0.2) is 54.7 Å². The van der Waals surface area contributed by atoms with Gasteiger partial charge in [0.25, 0.3) is 5.91 Å². The first-order chi connectivity index (χ1) is 14.8. The van der Waals surface area contributed by atoms with Crippen LogP contribution in [0.1, 0.15) is 55.5 Å². The quantitative estimate of drug-likeness (QED) is 0.586. The van der Waals surface area contributed by atoms with Gasteiger partial charge in [-0.15, -0.1) is 0 Å². The molecule has 6 nitrogen and oxygen atoms in total. The van der Waals surface area contributed by atoms with E-state index in [0.717, 1.165) is 18.4 Å². The molecule has 1 saturated heterocycles. The number of anilines is 1. The maximum Gasteiger partial charge on any atom is 0.412 e. The van der Waals surface area contributed by atoms with Gasteiger partial charge in [-0.1, -0.05) is 24.3 Å². The molecule has 2 aromatic carbocycles. The molecule has 162 valence electrons. The molecular formula is C25H29N3O3. The van der Waals surface area contributed by atoms with Gasteiger partial charge in [-0.05, 0) is 69.4 Å². The molecule has 2 N–H and O–H groups in total. The van der Waals surface area contributed by atoms with Gasteiger partial charge in [-0.25, -0.2) is 4.79 Å². The number of nitrogens with one attached hydrogen (secondary N) is 2. The van der Waals surface area contributed by atoms with E-state index in [9.17, 15) is 9.59 Å². The number of hydrogen-bond acceptors (Lipinski definition) is 3. The lowest BCUT2D eigenvalue weighted by molar-refractivity contribution is 0.0634. The van der Waals surface area contributed by atoms with Gasteiger partial charge in [0.1, 0.15) is 5.60 Å². The number of carbonyl (C=O) groups is 2. The summed E-state index contributed by atoms with van der Waals surface area (Å²) in [4.78, 5) is 30.3. The number of hydrogen-bond donors (Lipinski definition) is 2. The number of likely N-dealkylation sites (tertiary alicyclic amines) is 1. The number of para-hydroxylation sites is 1. The predicted octanol–water partition coefficient (Wildman–Crippen LogP) is 5.53. The summed E-state index contributed by atoms with van der Waals surface area (Å²) in [7, 11) is 0. The van der Waals surface area contributed by atoms with Gasteiger partial charge in [0.15, 0.2) is 0 Å². The molecule has 4 rings (SSSR count). The topological polar surface area (TPSA) is 74.4 Å². The van der Waals surface area contributed by atoms with Crippen LogP contribution in [0.2, 0.25) is 0 Å². The summed E-state index contributed by atoms with van der Waals surface area (Å²) in [6.45, 7) is 6.87. The zero-order chi connectivity index (χ0) is 22.0. The minimum Gasteiger partial charge on any atom is -0.444 e. The summed E-state index contributed by atoms with van der Waals surface area (Å²) >= 11 is 0. The molecular weight excluding hydrogens is 390 g/mol. The lowest BCUT2D eigenvalue weighted by atomic mass is 9.89. The Morgan fingerprint density at radius 2 is 1.81 bits per heavy atom. The van der Waals surface area contributed by atoms with E-state index in [1.54, 1.807) is 24.3 Å². The number of aromatic nitrogens is 1. The molecule has 0 spiro atoms. The highest BCUT2D eigenvalue weighted by atomic mass is 16.6. The number of nitrogens with zero attached hydrogens (tertiary/aromatic N) is 1. The van der Waals surface area contributed by atoms with Crippen molar-refractivity contribution in [1.29, 1.82) is 0 Å². The molecule has 3 aromatic rings. The maximum absolute atomic E-state index is 13.0. The van der Waals surface area contributed by atoms with Crippen molar-refractivity contribution in [3.8, 4) is 0 Å². The first-order valence-electron chi connectivity index (χ1n) is 10.8. The predicted molar refractivity (Wildman–Crippen MR) is 122 cm³/mol. The maximum atomic E-state index is 13.0. The van der Waals surface area contributed by atoms with E-state index >= 15 is 0 Å². The van der Waals surface area contributed by atoms with Crippen LogP contribution in [0.4, 0.5) is 10.5 Å². The third kappa shape index (κ3) is 4.90. The van der Waals surface area contributed by atoms with Crippen molar-refractivity contribution in [2.75, 3.05) is 18.4 Å². The first kappa shape index (κ1) is 21.0. The molecule has 0 aliphatic carbocycles. The van der Waals surface area contributed by atoms with Gasteiger partial charge in [0, 0.05) is 41.4 Å². The second-order valence-electron chi connectivity index (χ2n) is 9.06. The Labute approximate surface area is 182 Å². The van der Waals surface area contributed by atoms with Crippen molar-refractivity contribution in [2.45, 2.75) is 45.1 Å². The smallest absolute Gasteiger partial charge is 0.412 e. The number of H-pyrrole nitrogens is 1. The lowest BCUT2D eigenvalue weighted by Crippen LogP contribution is -2.37. The Kier molecular flexibility index (Phi) is 5.72. The van der Waals surface area contributed by atoms with E-state index in [2.05, 4.69) is 34.7 Å². The zero-order valence-electron chi connectivity index (χ0n) is 18.3. The summed E-state index contributed by atoms with van der Waals surface area (Å²) in [6, 6.07) is 15.4. The fourth-order valence-electron chi connectivity index (χ4n) is 4.16. The van der Waals surface area contributed by atoms with Crippen molar-refractivity contribution in [1.82, 2.24) is 9.88 Å². The van der Waals surface area contributed by atoms with Crippen molar-refractivity contribution in [2.24, 2.45) is 0 Å². The Balaban J connectivity index is 1.39. The highest BCUT2D eigenvalue weighted by molar-refractivity contribution is 5.96. The molecule has 2 amide bonds. The molecule has 1 aromatic heterocycles. The second kappa shape index (κ2) is 8.46. The summed E-state index contributed by atoms with van der Waals surface area (Å²) in [5, 5.41) is 3.98. The minimum absolute atomic E-state index is 0.00906. The molecule has 2 heterocycles. The number of carbonyl (C=O) groups excluding carboxylic acids is 2. The molecule has 0 radical (unpaired) electrons. The van der Waals surface area contributed by atoms with Crippen molar-refractivity contribution < 1.29 is 14.3 Å². The highest BCUT2D eigenvalue weighted by Crippen LogP contribution is 2.33. The number of benzene rings is 2. The van der Waals surface area contributed by atoms with Gasteiger partial charge in [0.2, 0.25) is 0 Å². The number of piperidine rings is 1. The zero-order valence-corrected chi connectivity index (χ0v) is 18.3. The Morgan fingerprint density at radius 3 is 2.55 bits per heavy atom. The molecule has 0 saturated carbocycles. The molecule has 1 aliphatic rings. The van der Waals surface area contributed by atoms with Crippen LogP contribution < -0.4 is 5.32 Å². The summed E-state index contributed by atoms with van der Waals surface area (Å²) in [5.41, 5.74) is 3.04. The van der Waals surface area contributed by atoms with Crippen LogP contribution in [0.25, 0.3) is 10.9 Å². The van der Waals surface area contributed by atoms with Crippen LogP contribution in [-0.4, -0.2) is 40.6 Å². The van der Waals surface area contributed by atoms with E-state index in [1.807, 2.05) is 31.7 Å². The van der Waals surface area contributed by atoms with Crippen LogP contribution in [-0.2, 0) is 4.74 Å². The van der Waals surface area contributed by atoms with E-state index in [1.165, 1.54) is 10.9 Å². The molecule has 6 heteroatoms. The van der Waals surface area contributed by atoms with E-state index < -0.39 is 11.7 Å². The number of amides is 2. The summed E-state index contributed by atoms with van der Waals surface area (Å²) < 4.78 is 5.29. The minimum atomic E-state index is -0.577. The largest absolute Gasteiger partial charge is 0.444 e. The Bertz CT molecular complexity index is 1090. The Morgan fingerprint density at radius 1 is 1.06 bits per heavy atom. The number of aromatic amines is 1. The molecule has 0 bridgehead atoms. The lowest BCUT2D eigenvalue weighted by Gasteiger charge is -2.32. The van der Waals surface area contributed by atoms with Crippen molar-refractivity contribution in [3.63, 3.8) is 0 Å². The monoisotopic (exact) mass is 419 g/mol. The van der Waals surface area contributed by atoms with E-state index in [0.29, 0.717) is 30.3 Å². The third-order valence-corrected chi connectivity index (χ3v) is 5.60. The van der Waals surface area contributed by atoms with Gasteiger partial charge >= 0.3 is 6.09 Å². The van der Waals surface area contributed by atoms with Crippen LogP contribution in [0, 0.1) is 0 Å². The number of ether oxygens (including phenoxy) is 1. The van der Waals surface area contributed by atoms with Crippen LogP contribution >= 0.6 is 0 Å². The average Bonchev–Trinajstić information content (AvgIpc) is 3.16. The normalized spacial score (nSPS) is 15.1. The highest BCUT2D eigenvalue weighted by Gasteiger charge is 2.26. The van der Waals surface area contributed by atoms with Gasteiger partial charge in [0.05, 0.1) is 0 Å². The van der Waals surface area contributed by atoms with Crippen molar-refractivity contribution >= 4 is 28.6 Å². The standard InChI is InChI=1S/C25H29N3O3/c1-25(2,3)31-24(30)27-19-8-6-7-18(15-19)23(29)28-13-11-17(12-14-28)21-16-26-22-10-5-4-9-20(21)22/h4-10,15-17,26H,11-14H2,1-3H3,(H,27,30). The van der Waals surface area contributed by atoms with Gasteiger partial charge in [-0.2, -0.15) is 0 Å². The third-order valence-electron chi connectivity index (χ3n) is 5.60. The van der Waals surface area contributed by atoms with E-state index in [4.69, 9.17) is 4.74 Å². The Hall–Kier alpha value is -3.28. The first-order valence-corrected chi connectivity index (χ1v) is 10.8. The van der Waals surface area contributed by atoms with Crippen LogP contribution in [0.5, 0.6) is 0 Å². The summed E-state index contributed by atoms with van der Waals surface area (Å²) in [6.07, 6.45) is 3.45. The molecule has 1 aliphatic heterocycles. The SMILES string of the molecule is CC(C)(C)OC(=O)Nc1cccc(C(=O)N2CCC(c3c[nH]c4ccccc34)CC2)c1. The average molecular weight is 420 g/mol. The molecule has 31 heavy (non-hydrogen) atoms. The fourth-order valence-corrected chi connectivity index (χ4v) is 4.16. The number of fused-ring (bicyclic) bond motifs is 1. The fraction of sp³-hybridized carbons (Fsp3) is 0.360. The molecule has 1 fully saturated rings. The second-order valence-corrected chi connectivity index (χ2v) is 9.06. The molecule has 0 unspecified atom stereocenters. The van der Waals surface area contributed by atoms with Gasteiger partial charge in [-0.3, -0.25) is 10.1 Å². The van der Waals surface area contributed by atoms with Crippen molar-refractivity contribution in [3.05, 3.63) is 65.9 Å².